The number of hydrogen-bond donors (Lipinski definition) is 4. The smallest absolute Gasteiger partial charge is 0.114 e. The molecule has 2 aliphatic carbocycles. The van der Waals surface area contributed by atoms with Gasteiger partial charge in [0.1, 0.15) is 12.0 Å². The van der Waals surface area contributed by atoms with Crippen LogP contribution in [0.15, 0.2) is 45.6 Å². The second kappa shape index (κ2) is 9.03. The van der Waals surface area contributed by atoms with Crippen molar-refractivity contribution in [3.05, 3.63) is 45.6 Å². The number of ether oxygens (including phenoxy) is 1. The minimum absolute atomic E-state index is 0.0791. The molecule has 30 heavy (non-hydrogen) atoms. The summed E-state index contributed by atoms with van der Waals surface area (Å²) in [6.45, 7) is 2.77. The first-order valence-electron chi connectivity index (χ1n) is 11.4. The summed E-state index contributed by atoms with van der Waals surface area (Å²) in [7, 11) is 0. The number of allylic oxidation sites excluding steroid dienone is 2. The van der Waals surface area contributed by atoms with Crippen LogP contribution in [0, 0.1) is 5.92 Å². The summed E-state index contributed by atoms with van der Waals surface area (Å²) in [6, 6.07) is 0.190. The van der Waals surface area contributed by atoms with E-state index in [1.165, 1.54) is 28.8 Å². The molecule has 3 aliphatic heterocycles. The minimum Gasteiger partial charge on any atom is -0.501 e. The van der Waals surface area contributed by atoms with Crippen LogP contribution in [0.4, 0.5) is 4.39 Å². The molecular weight excluding hydrogens is 403 g/mol. The predicted molar refractivity (Wildman–Crippen MR) is 117 cm³/mol. The zero-order chi connectivity index (χ0) is 20.5. The van der Waals surface area contributed by atoms with Gasteiger partial charge in [0, 0.05) is 37.5 Å². The molecule has 5 nitrogen and oxygen atoms in total. The van der Waals surface area contributed by atoms with Crippen LogP contribution in [0.1, 0.15) is 51.4 Å². The van der Waals surface area contributed by atoms with Crippen molar-refractivity contribution >= 4 is 11.6 Å². The highest BCUT2D eigenvalue weighted by Crippen LogP contribution is 2.39. The summed E-state index contributed by atoms with van der Waals surface area (Å²) in [5.74, 6) is 0.411. The summed E-state index contributed by atoms with van der Waals surface area (Å²) >= 11 is 6.16. The van der Waals surface area contributed by atoms with Gasteiger partial charge in [-0.25, -0.2) is 4.39 Å². The molecule has 0 saturated carbocycles. The highest BCUT2D eigenvalue weighted by Gasteiger charge is 2.36. The van der Waals surface area contributed by atoms with Crippen molar-refractivity contribution < 1.29 is 9.13 Å². The second-order valence-electron chi connectivity index (χ2n) is 9.09. The number of rotatable bonds is 4. The van der Waals surface area contributed by atoms with Gasteiger partial charge in [-0.2, -0.15) is 0 Å². The third kappa shape index (κ3) is 4.33. The SMILES string of the molecule is FC1=C(Cl)C[C@@H](N[C@H]2N[C@@H](C3=CCCNC3)NC3=C2C[C@H](C2=COCC2)CC3)CC1. The summed E-state index contributed by atoms with van der Waals surface area (Å²) in [4.78, 5) is 0. The zero-order valence-corrected chi connectivity index (χ0v) is 18.2. The van der Waals surface area contributed by atoms with Crippen LogP contribution in [-0.4, -0.2) is 38.1 Å². The monoisotopic (exact) mass is 434 g/mol. The van der Waals surface area contributed by atoms with Crippen LogP contribution in [0.25, 0.3) is 0 Å². The summed E-state index contributed by atoms with van der Waals surface area (Å²) in [5.41, 5.74) is 5.63. The van der Waals surface area contributed by atoms with Gasteiger partial charge < -0.3 is 15.4 Å². The van der Waals surface area contributed by atoms with E-state index >= 15 is 0 Å². The fraction of sp³-hybridized carbons (Fsp3) is 0.652. The topological polar surface area (TPSA) is 57.3 Å². The molecule has 7 heteroatoms. The molecule has 0 radical (unpaired) electrons. The van der Waals surface area contributed by atoms with Gasteiger partial charge in [0.15, 0.2) is 0 Å². The molecule has 0 aromatic carbocycles. The van der Waals surface area contributed by atoms with E-state index in [0.717, 1.165) is 51.8 Å². The average Bonchev–Trinajstić information content (AvgIpc) is 3.31. The first kappa shape index (κ1) is 20.6. The summed E-state index contributed by atoms with van der Waals surface area (Å²) in [6.07, 6.45) is 11.7. The standard InChI is InChI=1S/C23H32ClFN4O/c24-19-11-17(4-5-20(19)25)27-23-18-10-14(16-7-9-30-13-16)3-6-21(18)28-22(29-23)15-2-1-8-26-12-15/h2,13-14,17,22-23,26-29H,1,3-12H2/t14-,17+,22+,23+/m1/s1. The van der Waals surface area contributed by atoms with Gasteiger partial charge in [-0.1, -0.05) is 17.7 Å². The van der Waals surface area contributed by atoms with Crippen LogP contribution in [0.3, 0.4) is 0 Å². The lowest BCUT2D eigenvalue weighted by molar-refractivity contribution is 0.281. The molecule has 0 aromatic rings. The van der Waals surface area contributed by atoms with E-state index in [1.807, 2.05) is 6.26 Å². The Morgan fingerprint density at radius 3 is 2.83 bits per heavy atom. The van der Waals surface area contributed by atoms with Crippen LogP contribution >= 0.6 is 11.6 Å². The Kier molecular flexibility index (Phi) is 6.19. The third-order valence-corrected chi connectivity index (χ3v) is 7.49. The molecular formula is C23H32ClFN4O. The largest absolute Gasteiger partial charge is 0.501 e. The van der Waals surface area contributed by atoms with Crippen molar-refractivity contribution in [2.45, 2.75) is 69.7 Å². The van der Waals surface area contributed by atoms with Crippen molar-refractivity contribution in [1.82, 2.24) is 21.3 Å². The lowest BCUT2D eigenvalue weighted by Gasteiger charge is -2.44. The van der Waals surface area contributed by atoms with Crippen LogP contribution in [-0.2, 0) is 4.74 Å². The second-order valence-corrected chi connectivity index (χ2v) is 9.55. The van der Waals surface area contributed by atoms with Gasteiger partial charge in [0.25, 0.3) is 0 Å². The van der Waals surface area contributed by atoms with Crippen molar-refractivity contribution in [1.29, 1.82) is 0 Å². The van der Waals surface area contributed by atoms with Gasteiger partial charge in [-0.05, 0) is 61.3 Å². The third-order valence-electron chi connectivity index (χ3n) is 7.13. The molecule has 0 bridgehead atoms. The lowest BCUT2D eigenvalue weighted by Crippen LogP contribution is -2.62. The Morgan fingerprint density at radius 1 is 1.13 bits per heavy atom. The van der Waals surface area contributed by atoms with E-state index in [1.54, 1.807) is 0 Å². The highest BCUT2D eigenvalue weighted by molar-refractivity contribution is 6.29. The van der Waals surface area contributed by atoms with Crippen LogP contribution < -0.4 is 21.3 Å². The fourth-order valence-electron chi connectivity index (χ4n) is 5.41. The Labute approximate surface area is 183 Å². The first-order chi connectivity index (χ1) is 14.7. The van der Waals surface area contributed by atoms with Gasteiger partial charge in [-0.3, -0.25) is 10.6 Å². The van der Waals surface area contributed by atoms with Crippen LogP contribution in [0.2, 0.25) is 0 Å². The van der Waals surface area contributed by atoms with E-state index < -0.39 is 0 Å². The minimum atomic E-state index is -0.143. The molecule has 5 aliphatic rings. The Hall–Kier alpha value is -1.34. The molecule has 0 unspecified atom stereocenters. The quantitative estimate of drug-likeness (QED) is 0.509. The van der Waals surface area contributed by atoms with Gasteiger partial charge >= 0.3 is 0 Å². The molecule has 0 amide bonds. The van der Waals surface area contributed by atoms with Crippen molar-refractivity contribution in [3.63, 3.8) is 0 Å². The molecule has 4 N–H and O–H groups in total. The Bertz CT molecular complexity index is 805. The Morgan fingerprint density at radius 2 is 2.07 bits per heavy atom. The number of halogens is 2. The highest BCUT2D eigenvalue weighted by atomic mass is 35.5. The molecule has 4 atom stereocenters. The first-order valence-corrected chi connectivity index (χ1v) is 11.8. The zero-order valence-electron chi connectivity index (χ0n) is 17.4. The molecule has 164 valence electrons. The summed E-state index contributed by atoms with van der Waals surface area (Å²) < 4.78 is 19.3. The Balaban J connectivity index is 1.37. The normalized spacial score (nSPS) is 34.7. The molecule has 0 spiro atoms. The molecule has 0 fully saturated rings. The summed E-state index contributed by atoms with van der Waals surface area (Å²) in [5, 5.41) is 15.3. The predicted octanol–water partition coefficient (Wildman–Crippen LogP) is 3.67. The van der Waals surface area contributed by atoms with Gasteiger partial charge in [0.05, 0.1) is 24.1 Å². The molecule has 0 saturated heterocycles. The van der Waals surface area contributed by atoms with E-state index in [9.17, 15) is 4.39 Å². The van der Waals surface area contributed by atoms with E-state index in [4.69, 9.17) is 16.3 Å². The van der Waals surface area contributed by atoms with Gasteiger partial charge in [-0.15, -0.1) is 0 Å². The molecule has 5 rings (SSSR count). The number of nitrogens with one attached hydrogen (secondary N) is 4. The average molecular weight is 435 g/mol. The fourth-order valence-corrected chi connectivity index (χ4v) is 5.69. The van der Waals surface area contributed by atoms with Crippen molar-refractivity contribution in [2.75, 3.05) is 19.7 Å². The van der Waals surface area contributed by atoms with Crippen molar-refractivity contribution in [2.24, 2.45) is 5.92 Å². The van der Waals surface area contributed by atoms with E-state index in [0.29, 0.717) is 23.8 Å². The van der Waals surface area contributed by atoms with Gasteiger partial charge in [0.2, 0.25) is 0 Å². The van der Waals surface area contributed by atoms with E-state index in [-0.39, 0.29) is 24.2 Å². The lowest BCUT2D eigenvalue weighted by atomic mass is 9.79. The maximum atomic E-state index is 13.8. The maximum Gasteiger partial charge on any atom is 0.114 e. The number of hydrogen-bond acceptors (Lipinski definition) is 5. The van der Waals surface area contributed by atoms with Crippen molar-refractivity contribution in [3.8, 4) is 0 Å². The molecule has 0 aromatic heterocycles. The maximum absolute atomic E-state index is 13.8. The van der Waals surface area contributed by atoms with Crippen LogP contribution in [0.5, 0.6) is 0 Å². The molecule has 3 heterocycles. The van der Waals surface area contributed by atoms with E-state index in [2.05, 4.69) is 27.3 Å².